The number of ether oxygens (including phenoxy) is 1. The van der Waals surface area contributed by atoms with Crippen molar-refractivity contribution in [2.75, 3.05) is 12.3 Å². The van der Waals surface area contributed by atoms with Crippen molar-refractivity contribution in [1.29, 1.82) is 0 Å². The predicted molar refractivity (Wildman–Crippen MR) is 72.8 cm³/mol. The number of imidazole rings is 1. The number of aliphatic hydroxyl groups excluding tert-OH is 3. The topological polar surface area (TPSA) is 166 Å². The summed E-state index contributed by atoms with van der Waals surface area (Å²) < 4.78 is 6.85. The molecule has 0 aliphatic carbocycles. The Labute approximate surface area is 124 Å². The van der Waals surface area contributed by atoms with E-state index in [1.165, 1.54) is 17.2 Å². The van der Waals surface area contributed by atoms with Gasteiger partial charge in [-0.05, 0) is 11.8 Å². The van der Waals surface area contributed by atoms with Crippen molar-refractivity contribution in [1.82, 2.24) is 19.5 Å². The van der Waals surface area contributed by atoms with Crippen LogP contribution in [0.25, 0.3) is 11.2 Å². The van der Waals surface area contributed by atoms with E-state index in [-0.39, 0.29) is 5.82 Å². The van der Waals surface area contributed by atoms with Gasteiger partial charge >= 0.3 is 0 Å². The average Bonchev–Trinajstić information content (AvgIpc) is 3.05. The van der Waals surface area contributed by atoms with E-state index in [2.05, 4.69) is 32.0 Å². The Hall–Kier alpha value is -1.56. The summed E-state index contributed by atoms with van der Waals surface area (Å²) >= 11 is 4.14. The highest BCUT2D eigenvalue weighted by Crippen LogP contribution is 2.31. The first-order valence-corrected chi connectivity index (χ1v) is 6.34. The third kappa shape index (κ3) is 2.64. The van der Waals surface area contributed by atoms with E-state index >= 15 is 0 Å². The van der Waals surface area contributed by atoms with Gasteiger partial charge in [-0.2, -0.15) is 0 Å². The second kappa shape index (κ2) is 6.47. The van der Waals surface area contributed by atoms with Crippen LogP contribution in [0.3, 0.4) is 0 Å². The second-order valence-electron chi connectivity index (χ2n) is 4.31. The summed E-state index contributed by atoms with van der Waals surface area (Å²) in [4.78, 5) is 11.9. The molecule has 3 heterocycles. The Balaban J connectivity index is 0.000000774. The lowest BCUT2D eigenvalue weighted by molar-refractivity contribution is -0.0511. The molecule has 0 bridgehead atoms. The molecule has 0 saturated carbocycles. The maximum Gasteiger partial charge on any atom is 0.167 e. The van der Waals surface area contributed by atoms with Crippen LogP contribution in [0, 0.1) is 0 Å². The summed E-state index contributed by atoms with van der Waals surface area (Å²) in [7, 11) is 0. The first-order valence-electron chi connectivity index (χ1n) is 5.90. The fourth-order valence-corrected chi connectivity index (χ4v) is 2.17. The number of fused-ring (bicyclic) bond motifs is 1. The predicted octanol–water partition coefficient (Wildman–Crippen LogP) is -1.88. The molecule has 4 atom stereocenters. The molecule has 2 aromatic rings. The molecule has 1 aliphatic heterocycles. The van der Waals surface area contributed by atoms with E-state index < -0.39 is 31.1 Å². The number of nitrogens with two attached hydrogens (primary N) is 2. The smallest absolute Gasteiger partial charge is 0.167 e. The van der Waals surface area contributed by atoms with Gasteiger partial charge in [0.2, 0.25) is 0 Å². The largest absolute Gasteiger partial charge is 0.394 e. The Morgan fingerprint density at radius 1 is 1.24 bits per heavy atom. The number of halogens is 1. The SMILES string of the molecule is NCl.Nc1ncnc2c1ncn2[C@@H]1O[C@H](CO)[C@@H](O)[C@H]1O. The number of aromatic nitrogens is 4. The Bertz CT molecular complexity index is 610. The van der Waals surface area contributed by atoms with Crippen LogP contribution in [0.1, 0.15) is 6.23 Å². The molecule has 116 valence electrons. The number of nitrogens with zero attached hydrogens (tertiary/aromatic N) is 4. The van der Waals surface area contributed by atoms with Crippen molar-refractivity contribution in [3.8, 4) is 0 Å². The molecule has 0 aromatic carbocycles. The van der Waals surface area contributed by atoms with Gasteiger partial charge in [0.05, 0.1) is 12.9 Å². The minimum absolute atomic E-state index is 0.218. The van der Waals surface area contributed by atoms with Gasteiger partial charge in [-0.1, -0.05) is 0 Å². The molecule has 11 heteroatoms. The van der Waals surface area contributed by atoms with Crippen LogP contribution >= 0.6 is 11.8 Å². The summed E-state index contributed by atoms with van der Waals surface area (Å²) in [5.74, 6) is 0.218. The molecular formula is C10H15ClN6O4. The molecule has 0 radical (unpaired) electrons. The third-order valence-corrected chi connectivity index (χ3v) is 3.18. The standard InChI is InChI=1S/C10H13N5O4.ClH2N/c11-8-5-9(13-2-12-8)15(3-14-5)10-7(18)6(17)4(1-16)19-10;1-2/h2-4,6-7,10,16-18H,1H2,(H2,11,12,13);2H2/t4-,6-,7-,10-;/m1./s1. The molecule has 0 spiro atoms. The van der Waals surface area contributed by atoms with Crippen molar-refractivity contribution in [2.24, 2.45) is 5.25 Å². The number of aliphatic hydroxyl groups is 3. The molecular weight excluding hydrogens is 304 g/mol. The van der Waals surface area contributed by atoms with Gasteiger partial charge in [0.25, 0.3) is 0 Å². The summed E-state index contributed by atoms with van der Waals surface area (Å²) in [5, 5.41) is 32.7. The lowest BCUT2D eigenvalue weighted by atomic mass is 10.1. The quantitative estimate of drug-likeness (QED) is 0.398. The molecule has 1 fully saturated rings. The van der Waals surface area contributed by atoms with Crippen molar-refractivity contribution in [3.63, 3.8) is 0 Å². The van der Waals surface area contributed by atoms with Gasteiger partial charge in [-0.15, -0.1) is 0 Å². The van der Waals surface area contributed by atoms with Crippen molar-refractivity contribution in [3.05, 3.63) is 12.7 Å². The van der Waals surface area contributed by atoms with E-state index in [4.69, 9.17) is 15.6 Å². The minimum Gasteiger partial charge on any atom is -0.394 e. The minimum atomic E-state index is -1.19. The van der Waals surface area contributed by atoms with Crippen LogP contribution in [-0.4, -0.2) is 59.8 Å². The molecule has 1 aliphatic rings. The van der Waals surface area contributed by atoms with E-state index in [1.807, 2.05) is 0 Å². The molecule has 3 rings (SSSR count). The number of hydrogen-bond donors (Lipinski definition) is 5. The first-order chi connectivity index (χ1) is 10.1. The van der Waals surface area contributed by atoms with Gasteiger partial charge in [0.15, 0.2) is 17.7 Å². The van der Waals surface area contributed by atoms with Crippen molar-refractivity contribution >= 4 is 28.8 Å². The fourth-order valence-electron chi connectivity index (χ4n) is 2.17. The lowest BCUT2D eigenvalue weighted by Crippen LogP contribution is -2.33. The maximum atomic E-state index is 9.95. The second-order valence-corrected chi connectivity index (χ2v) is 4.31. The summed E-state index contributed by atoms with van der Waals surface area (Å²) in [6.45, 7) is -0.390. The molecule has 10 nitrogen and oxygen atoms in total. The van der Waals surface area contributed by atoms with Crippen molar-refractivity contribution < 1.29 is 20.1 Å². The lowest BCUT2D eigenvalue weighted by Gasteiger charge is -2.16. The fraction of sp³-hybridized carbons (Fsp3) is 0.500. The summed E-state index contributed by atoms with van der Waals surface area (Å²) in [6, 6.07) is 0. The van der Waals surface area contributed by atoms with Gasteiger partial charge < -0.3 is 25.8 Å². The molecule has 1 saturated heterocycles. The number of anilines is 1. The number of hydrogen-bond acceptors (Lipinski definition) is 9. The zero-order chi connectivity index (χ0) is 15.6. The monoisotopic (exact) mass is 318 g/mol. The van der Waals surface area contributed by atoms with Crippen LogP contribution in [-0.2, 0) is 4.74 Å². The molecule has 0 amide bonds. The van der Waals surface area contributed by atoms with E-state index in [1.54, 1.807) is 0 Å². The Morgan fingerprint density at radius 3 is 2.57 bits per heavy atom. The van der Waals surface area contributed by atoms with E-state index in [9.17, 15) is 10.2 Å². The van der Waals surface area contributed by atoms with Crippen LogP contribution < -0.4 is 11.0 Å². The highest BCUT2D eigenvalue weighted by molar-refractivity contribution is 6.11. The van der Waals surface area contributed by atoms with Gasteiger partial charge in [-0.3, -0.25) is 4.57 Å². The third-order valence-electron chi connectivity index (χ3n) is 3.18. The van der Waals surface area contributed by atoms with Crippen molar-refractivity contribution in [2.45, 2.75) is 24.5 Å². The van der Waals surface area contributed by atoms with Gasteiger partial charge in [0.1, 0.15) is 30.2 Å². The first kappa shape index (κ1) is 15.8. The Morgan fingerprint density at radius 2 is 1.95 bits per heavy atom. The highest BCUT2D eigenvalue weighted by atomic mass is 35.5. The molecule has 7 N–H and O–H groups in total. The molecule has 2 aromatic heterocycles. The Kier molecular flexibility index (Phi) is 4.88. The molecule has 0 unspecified atom stereocenters. The zero-order valence-corrected chi connectivity index (χ0v) is 11.5. The van der Waals surface area contributed by atoms with Gasteiger partial charge in [0, 0.05) is 0 Å². The van der Waals surface area contributed by atoms with Gasteiger partial charge in [-0.25, -0.2) is 20.2 Å². The maximum absolute atomic E-state index is 9.95. The van der Waals surface area contributed by atoms with Crippen LogP contribution in [0.2, 0.25) is 0 Å². The normalized spacial score (nSPS) is 28.4. The highest BCUT2D eigenvalue weighted by Gasteiger charge is 2.43. The van der Waals surface area contributed by atoms with Crippen LogP contribution in [0.15, 0.2) is 12.7 Å². The zero-order valence-electron chi connectivity index (χ0n) is 10.7. The average molecular weight is 319 g/mol. The van der Waals surface area contributed by atoms with E-state index in [0.29, 0.717) is 11.2 Å². The summed E-state index contributed by atoms with van der Waals surface area (Å²) in [5.41, 5.74) is 6.44. The van der Waals surface area contributed by atoms with E-state index in [0.717, 1.165) is 0 Å². The number of nitrogen functional groups attached to an aromatic ring is 1. The van der Waals surface area contributed by atoms with Crippen LogP contribution in [0.5, 0.6) is 0 Å². The van der Waals surface area contributed by atoms with Crippen LogP contribution in [0.4, 0.5) is 5.82 Å². The number of rotatable bonds is 2. The molecule has 21 heavy (non-hydrogen) atoms. The summed E-state index contributed by atoms with van der Waals surface area (Å²) in [6.07, 6.45) is -1.42.